The van der Waals surface area contributed by atoms with Crippen molar-refractivity contribution in [1.29, 1.82) is 0 Å². The van der Waals surface area contributed by atoms with Crippen LogP contribution in [-0.4, -0.2) is 56.3 Å². The molecule has 2 fully saturated rings. The highest BCUT2D eigenvalue weighted by Gasteiger charge is 2.29. The Morgan fingerprint density at radius 3 is 2.39 bits per heavy atom. The second-order valence-electron chi connectivity index (χ2n) is 9.11. The molecule has 178 valence electrons. The Bertz CT molecular complexity index is 1060. The van der Waals surface area contributed by atoms with E-state index in [-0.39, 0.29) is 27.4 Å². The van der Waals surface area contributed by atoms with Crippen molar-refractivity contribution in [3.63, 3.8) is 0 Å². The predicted molar refractivity (Wildman–Crippen MR) is 131 cm³/mol. The number of hydrogen-bond acceptors (Lipinski definition) is 4. The highest BCUT2D eigenvalue weighted by Crippen LogP contribution is 2.28. The third-order valence-corrected chi connectivity index (χ3v) is 9.01. The summed E-state index contributed by atoms with van der Waals surface area (Å²) in [6.45, 7) is 5.71. The zero-order valence-corrected chi connectivity index (χ0v) is 20.6. The molecule has 2 aromatic rings. The summed E-state index contributed by atoms with van der Waals surface area (Å²) in [7, 11) is -3.62. The Labute approximate surface area is 202 Å². The highest BCUT2D eigenvalue weighted by molar-refractivity contribution is 7.89. The third-order valence-electron chi connectivity index (χ3n) is 6.78. The number of likely N-dealkylation sites (tertiary alicyclic amines) is 1. The van der Waals surface area contributed by atoms with Crippen LogP contribution in [0.15, 0.2) is 53.4 Å². The largest absolute Gasteiger partial charge is 0.350 e. The van der Waals surface area contributed by atoms with Gasteiger partial charge in [-0.3, -0.25) is 9.69 Å². The minimum Gasteiger partial charge on any atom is -0.350 e. The number of amides is 1. The Morgan fingerprint density at radius 2 is 1.73 bits per heavy atom. The average Bonchev–Trinajstić information content (AvgIpc) is 3.37. The van der Waals surface area contributed by atoms with Crippen molar-refractivity contribution in [2.45, 2.75) is 43.5 Å². The van der Waals surface area contributed by atoms with E-state index in [0.29, 0.717) is 25.6 Å². The van der Waals surface area contributed by atoms with Gasteiger partial charge in [0, 0.05) is 19.6 Å². The van der Waals surface area contributed by atoms with Gasteiger partial charge >= 0.3 is 0 Å². The SMILES string of the molecule is CC1CCN(C(CNC(=O)c2cc(S(=O)(=O)N3CCCC3)ccc2Cl)c2ccccc2)CC1. The zero-order chi connectivity index (χ0) is 23.4. The molecule has 2 aliphatic rings. The fourth-order valence-corrected chi connectivity index (χ4v) is 6.42. The van der Waals surface area contributed by atoms with E-state index in [2.05, 4.69) is 29.3 Å². The fourth-order valence-electron chi connectivity index (χ4n) is 4.67. The van der Waals surface area contributed by atoms with Crippen LogP contribution in [0.5, 0.6) is 0 Å². The van der Waals surface area contributed by atoms with Gasteiger partial charge in [-0.25, -0.2) is 8.42 Å². The molecule has 0 spiro atoms. The number of benzene rings is 2. The van der Waals surface area contributed by atoms with Gasteiger partial charge in [-0.05, 0) is 68.5 Å². The standard InChI is InChI=1S/C25H32ClN3O3S/c1-19-11-15-28(16-12-19)24(20-7-3-2-4-8-20)18-27-25(30)22-17-21(9-10-23(22)26)33(31,32)29-13-5-6-14-29/h2-4,7-10,17,19,24H,5-6,11-16,18H2,1H3,(H,27,30). The number of nitrogens with one attached hydrogen (secondary N) is 1. The Balaban J connectivity index is 1.51. The summed E-state index contributed by atoms with van der Waals surface area (Å²) in [5.74, 6) is 0.358. The Kier molecular flexibility index (Phi) is 7.74. The van der Waals surface area contributed by atoms with E-state index in [1.165, 1.54) is 22.5 Å². The molecule has 0 radical (unpaired) electrons. The topological polar surface area (TPSA) is 69.7 Å². The lowest BCUT2D eigenvalue weighted by molar-refractivity contribution is 0.0913. The van der Waals surface area contributed by atoms with Crippen molar-refractivity contribution in [2.75, 3.05) is 32.7 Å². The molecule has 0 aliphatic carbocycles. The number of sulfonamides is 1. The normalized spacial score (nSPS) is 19.5. The summed E-state index contributed by atoms with van der Waals surface area (Å²) in [5.41, 5.74) is 1.35. The molecule has 33 heavy (non-hydrogen) atoms. The quantitative estimate of drug-likeness (QED) is 0.628. The zero-order valence-electron chi connectivity index (χ0n) is 19.0. The van der Waals surface area contributed by atoms with Gasteiger partial charge in [-0.15, -0.1) is 0 Å². The number of rotatable bonds is 7. The van der Waals surface area contributed by atoms with E-state index in [1.54, 1.807) is 0 Å². The Hall–Kier alpha value is -1.93. The first-order valence-corrected chi connectivity index (χ1v) is 13.5. The first-order valence-electron chi connectivity index (χ1n) is 11.7. The van der Waals surface area contributed by atoms with Crippen molar-refractivity contribution in [3.05, 3.63) is 64.7 Å². The molecule has 0 aromatic heterocycles. The van der Waals surface area contributed by atoms with E-state index in [0.717, 1.165) is 44.3 Å². The molecule has 2 saturated heterocycles. The van der Waals surface area contributed by atoms with Gasteiger partial charge in [-0.1, -0.05) is 48.9 Å². The minimum absolute atomic E-state index is 0.0536. The van der Waals surface area contributed by atoms with Crippen molar-refractivity contribution < 1.29 is 13.2 Å². The summed E-state index contributed by atoms with van der Waals surface area (Å²) in [5, 5.41) is 3.27. The molecule has 2 aromatic carbocycles. The van der Waals surface area contributed by atoms with E-state index >= 15 is 0 Å². The van der Waals surface area contributed by atoms with Gasteiger partial charge in [0.1, 0.15) is 0 Å². The number of carbonyl (C=O) groups excluding carboxylic acids is 1. The van der Waals surface area contributed by atoms with Crippen LogP contribution in [0.4, 0.5) is 0 Å². The first-order chi connectivity index (χ1) is 15.9. The second kappa shape index (κ2) is 10.6. The maximum atomic E-state index is 13.1. The van der Waals surface area contributed by atoms with Crippen LogP contribution < -0.4 is 5.32 Å². The molecule has 8 heteroatoms. The molecule has 1 N–H and O–H groups in total. The molecular weight excluding hydrogens is 458 g/mol. The van der Waals surface area contributed by atoms with Gasteiger partial charge in [0.15, 0.2) is 0 Å². The van der Waals surface area contributed by atoms with Crippen molar-refractivity contribution in [1.82, 2.24) is 14.5 Å². The maximum absolute atomic E-state index is 13.1. The van der Waals surface area contributed by atoms with E-state index < -0.39 is 10.0 Å². The molecule has 0 saturated carbocycles. The lowest BCUT2D eigenvalue weighted by atomic mass is 9.95. The smallest absolute Gasteiger partial charge is 0.252 e. The predicted octanol–water partition coefficient (Wildman–Crippen LogP) is 4.33. The molecule has 4 rings (SSSR count). The molecule has 2 aliphatic heterocycles. The van der Waals surface area contributed by atoms with Crippen LogP contribution in [0.25, 0.3) is 0 Å². The average molecular weight is 490 g/mol. The molecule has 2 heterocycles. The molecule has 1 amide bonds. The highest BCUT2D eigenvalue weighted by atomic mass is 35.5. The van der Waals surface area contributed by atoms with E-state index in [9.17, 15) is 13.2 Å². The third kappa shape index (κ3) is 5.60. The number of halogens is 1. The van der Waals surface area contributed by atoms with Crippen LogP contribution >= 0.6 is 11.6 Å². The number of carbonyl (C=O) groups is 1. The van der Waals surface area contributed by atoms with Gasteiger partial charge in [0.25, 0.3) is 5.91 Å². The minimum atomic E-state index is -3.62. The molecule has 0 bridgehead atoms. The van der Waals surface area contributed by atoms with Gasteiger partial charge in [-0.2, -0.15) is 4.31 Å². The van der Waals surface area contributed by atoms with Crippen LogP contribution in [0, 0.1) is 5.92 Å². The van der Waals surface area contributed by atoms with E-state index in [1.807, 2.05) is 18.2 Å². The van der Waals surface area contributed by atoms with E-state index in [4.69, 9.17) is 11.6 Å². The lowest BCUT2D eigenvalue weighted by Gasteiger charge is -2.37. The van der Waals surface area contributed by atoms with Crippen molar-refractivity contribution >= 4 is 27.5 Å². The number of nitrogens with zero attached hydrogens (tertiary/aromatic N) is 2. The molecule has 6 nitrogen and oxygen atoms in total. The number of piperidine rings is 1. The van der Waals surface area contributed by atoms with Gasteiger partial charge < -0.3 is 5.32 Å². The van der Waals surface area contributed by atoms with Crippen LogP contribution in [0.2, 0.25) is 5.02 Å². The van der Waals surface area contributed by atoms with Crippen molar-refractivity contribution in [3.8, 4) is 0 Å². The van der Waals surface area contributed by atoms with Gasteiger partial charge in [0.05, 0.1) is 21.5 Å². The van der Waals surface area contributed by atoms with Gasteiger partial charge in [0.2, 0.25) is 10.0 Å². The molecule has 1 atom stereocenters. The summed E-state index contributed by atoms with van der Waals surface area (Å²) in [6, 6.07) is 14.6. The first kappa shape index (κ1) is 24.2. The second-order valence-corrected chi connectivity index (χ2v) is 11.5. The molecule has 1 unspecified atom stereocenters. The summed E-state index contributed by atoms with van der Waals surface area (Å²) >= 11 is 6.32. The number of hydrogen-bond donors (Lipinski definition) is 1. The van der Waals surface area contributed by atoms with Crippen LogP contribution in [0.3, 0.4) is 0 Å². The van der Waals surface area contributed by atoms with Crippen LogP contribution in [0.1, 0.15) is 54.6 Å². The monoisotopic (exact) mass is 489 g/mol. The summed E-state index contributed by atoms with van der Waals surface area (Å²) < 4.78 is 27.4. The Morgan fingerprint density at radius 1 is 1.06 bits per heavy atom. The molecular formula is C25H32ClN3O3S. The maximum Gasteiger partial charge on any atom is 0.252 e. The van der Waals surface area contributed by atoms with Crippen LogP contribution in [-0.2, 0) is 10.0 Å². The summed E-state index contributed by atoms with van der Waals surface area (Å²) in [4.78, 5) is 15.7. The fraction of sp³-hybridized carbons (Fsp3) is 0.480. The lowest BCUT2D eigenvalue weighted by Crippen LogP contribution is -2.42. The van der Waals surface area contributed by atoms with Crippen molar-refractivity contribution in [2.24, 2.45) is 5.92 Å². The summed E-state index contributed by atoms with van der Waals surface area (Å²) in [6.07, 6.45) is 3.99.